The molecule has 0 bridgehead atoms. The molecule has 2 atom stereocenters. The van der Waals surface area contributed by atoms with Crippen molar-refractivity contribution >= 4 is 104 Å². The van der Waals surface area contributed by atoms with Crippen LogP contribution in [-0.2, 0) is 19.2 Å². The Morgan fingerprint density at radius 2 is 2.08 bits per heavy atom. The molecule has 0 aromatic carbocycles. The van der Waals surface area contributed by atoms with Crippen molar-refractivity contribution in [3.8, 4) is 0 Å². The van der Waals surface area contributed by atoms with Gasteiger partial charge in [0, 0.05) is 22.4 Å². The molecule has 0 radical (unpaired) electrons. The zero-order valence-corrected chi connectivity index (χ0v) is 23.1. The fourth-order valence-corrected chi connectivity index (χ4v) is 8.62. The molecule has 0 spiro atoms. The molecule has 3 amide bonds. The average Bonchev–Trinajstić information content (AvgIpc) is 3.51. The van der Waals surface area contributed by atoms with Gasteiger partial charge in [0.2, 0.25) is 6.41 Å². The van der Waals surface area contributed by atoms with Gasteiger partial charge >= 0.3 is 5.97 Å². The van der Waals surface area contributed by atoms with Crippen LogP contribution in [0, 0.1) is 0 Å². The fourth-order valence-electron chi connectivity index (χ4n) is 3.34. The van der Waals surface area contributed by atoms with Gasteiger partial charge in [-0.25, -0.2) is 9.78 Å². The number of aliphatic carboxylic acids is 1. The van der Waals surface area contributed by atoms with Gasteiger partial charge in [0.1, 0.15) is 17.1 Å². The summed E-state index contributed by atoms with van der Waals surface area (Å²) in [6, 6.07) is -0.916. The summed E-state index contributed by atoms with van der Waals surface area (Å²) in [4.78, 5) is 53.8. The van der Waals surface area contributed by atoms with Crippen molar-refractivity contribution in [1.82, 2.24) is 25.4 Å². The van der Waals surface area contributed by atoms with Gasteiger partial charge in [0.15, 0.2) is 13.8 Å². The molecule has 2 aliphatic rings. The van der Waals surface area contributed by atoms with Crippen LogP contribution in [0.2, 0.25) is 0 Å². The summed E-state index contributed by atoms with van der Waals surface area (Å²) in [5.41, 5.74) is 1.83. The number of rotatable bonds is 11. The second kappa shape index (κ2) is 12.0. The molecule has 1 fully saturated rings. The highest BCUT2D eigenvalue weighted by Crippen LogP contribution is 2.42. The van der Waals surface area contributed by atoms with Crippen LogP contribution in [0.5, 0.6) is 0 Å². The molecule has 1 saturated heterocycles. The van der Waals surface area contributed by atoms with Crippen molar-refractivity contribution < 1.29 is 24.3 Å². The largest absolute Gasteiger partial charge is 0.477 e. The predicted octanol–water partition coefficient (Wildman–Crippen LogP) is 2.79. The maximum Gasteiger partial charge on any atom is 0.352 e. The highest BCUT2D eigenvalue weighted by molar-refractivity contribution is 8.03. The zero-order chi connectivity index (χ0) is 25.8. The number of carboxylic acids is 1. The van der Waals surface area contributed by atoms with Crippen molar-refractivity contribution in [3.63, 3.8) is 0 Å². The Labute approximate surface area is 230 Å². The molecule has 11 nitrogen and oxygen atoms in total. The Hall–Kier alpha value is -2.11. The first-order valence-corrected chi connectivity index (χ1v) is 15.3. The van der Waals surface area contributed by atoms with E-state index in [-0.39, 0.29) is 22.1 Å². The summed E-state index contributed by atoms with van der Waals surface area (Å²) < 4.78 is 1.57. The van der Waals surface area contributed by atoms with Gasteiger partial charge in [0.25, 0.3) is 11.8 Å². The maximum atomic E-state index is 12.9. The smallest absolute Gasteiger partial charge is 0.352 e. The monoisotopic (exact) mass is 604 g/mol. The van der Waals surface area contributed by atoms with Crippen molar-refractivity contribution in [2.24, 2.45) is 0 Å². The lowest BCUT2D eigenvalue weighted by atomic mass is 10.0. The van der Waals surface area contributed by atoms with Crippen molar-refractivity contribution in [3.05, 3.63) is 27.9 Å². The average molecular weight is 605 g/mol. The minimum Gasteiger partial charge on any atom is -0.477 e. The van der Waals surface area contributed by atoms with Crippen LogP contribution in [0.1, 0.15) is 12.6 Å². The number of thioether (sulfide) groups is 3. The number of aromatic nitrogens is 3. The van der Waals surface area contributed by atoms with Crippen LogP contribution in [0.4, 0.5) is 5.13 Å². The highest BCUT2D eigenvalue weighted by atomic mass is 35.5. The number of hydrogen-bond donors (Lipinski definition) is 3. The Bertz CT molecular complexity index is 1260. The summed E-state index contributed by atoms with van der Waals surface area (Å²) >= 11 is 12.7. The van der Waals surface area contributed by atoms with E-state index < -0.39 is 29.2 Å². The van der Waals surface area contributed by atoms with Crippen LogP contribution in [0.15, 0.2) is 30.9 Å². The van der Waals surface area contributed by atoms with E-state index in [1.165, 1.54) is 39.8 Å². The minimum absolute atomic E-state index is 0.0164. The SMILES string of the molecule is CCSc1nnc(SCC2=C(C(=O)O)N3C(=O)C(NC(=O)C(=CCl)c4csc(NC=O)n4)[C@@H]3SC2)s1. The Balaban J connectivity index is 1.44. The van der Waals surface area contributed by atoms with Crippen molar-refractivity contribution in [1.29, 1.82) is 0 Å². The number of hydrogen-bond acceptors (Lipinski definition) is 12. The summed E-state index contributed by atoms with van der Waals surface area (Å²) in [5.74, 6) is -0.735. The third kappa shape index (κ3) is 5.57. The molecule has 4 heterocycles. The normalized spacial score (nSPS) is 19.6. The molecular formula is C19H17ClN6O5S5. The molecule has 17 heteroatoms. The number of nitrogens with zero attached hydrogens (tertiary/aromatic N) is 4. The van der Waals surface area contributed by atoms with E-state index in [1.807, 2.05) is 6.92 Å². The van der Waals surface area contributed by atoms with Gasteiger partial charge in [-0.3, -0.25) is 19.3 Å². The number of amides is 3. The van der Waals surface area contributed by atoms with E-state index in [1.54, 1.807) is 17.1 Å². The molecular weight excluding hydrogens is 588 g/mol. The summed E-state index contributed by atoms with van der Waals surface area (Å²) in [6.45, 7) is 2.02. The molecule has 36 heavy (non-hydrogen) atoms. The van der Waals surface area contributed by atoms with E-state index in [2.05, 4.69) is 25.8 Å². The van der Waals surface area contributed by atoms with Crippen molar-refractivity contribution in [2.45, 2.75) is 27.0 Å². The minimum atomic E-state index is -1.20. The first-order chi connectivity index (χ1) is 17.4. The van der Waals surface area contributed by atoms with E-state index in [4.69, 9.17) is 11.6 Å². The van der Waals surface area contributed by atoms with E-state index >= 15 is 0 Å². The standard InChI is InChI=1S/C19H17ClN6O5S5/c1-2-32-18-24-25-19(36-18)35-5-8-4-33-15-11(14(29)26(15)12(8)16(30)31)23-13(28)9(3-20)10-6-34-17(22-10)21-7-27/h3,6-7,11,15H,2,4-5H2,1H3,(H,23,28)(H,30,31)(H,21,22,27)/t11?,15-/m0/s1. The number of anilines is 1. The summed E-state index contributed by atoms with van der Waals surface area (Å²) in [6.07, 6.45) is 0.464. The second-order valence-electron chi connectivity index (χ2n) is 7.00. The fraction of sp³-hybridized carbons (Fsp3) is 0.316. The maximum absolute atomic E-state index is 12.9. The first kappa shape index (κ1) is 26.9. The molecule has 190 valence electrons. The van der Waals surface area contributed by atoms with Gasteiger partial charge < -0.3 is 15.7 Å². The number of nitrogens with one attached hydrogen (secondary N) is 2. The first-order valence-electron chi connectivity index (χ1n) is 10.1. The lowest BCUT2D eigenvalue weighted by Crippen LogP contribution is -2.70. The molecule has 4 rings (SSSR count). The van der Waals surface area contributed by atoms with Gasteiger partial charge in [-0.05, 0) is 11.3 Å². The number of carbonyl (C=O) groups excluding carboxylic acids is 3. The predicted molar refractivity (Wildman–Crippen MR) is 142 cm³/mol. The molecule has 1 unspecified atom stereocenters. The number of β-lactam (4-membered cyclic amide) rings is 1. The lowest BCUT2D eigenvalue weighted by Gasteiger charge is -2.49. The summed E-state index contributed by atoms with van der Waals surface area (Å²) in [5, 5.41) is 24.4. The Kier molecular flexibility index (Phi) is 8.95. The second-order valence-corrected chi connectivity index (χ2v) is 12.9. The number of carbonyl (C=O) groups is 4. The molecule has 2 aromatic rings. The number of carboxylic acid groups (broad SMARTS) is 1. The number of halogens is 1. The van der Waals surface area contributed by atoms with E-state index in [9.17, 15) is 24.3 Å². The molecule has 0 aliphatic carbocycles. The van der Waals surface area contributed by atoms with Gasteiger partial charge in [-0.15, -0.1) is 33.3 Å². The molecule has 0 saturated carbocycles. The topological polar surface area (TPSA) is 154 Å². The van der Waals surface area contributed by atoms with Gasteiger partial charge in [0.05, 0.1) is 11.3 Å². The van der Waals surface area contributed by atoms with E-state index in [0.717, 1.165) is 31.3 Å². The molecule has 2 aliphatic heterocycles. The van der Waals surface area contributed by atoms with Gasteiger partial charge in [-0.1, -0.05) is 53.4 Å². The Morgan fingerprint density at radius 3 is 2.75 bits per heavy atom. The molecule has 3 N–H and O–H groups in total. The zero-order valence-electron chi connectivity index (χ0n) is 18.3. The Morgan fingerprint density at radius 1 is 1.33 bits per heavy atom. The van der Waals surface area contributed by atoms with Gasteiger partial charge in [-0.2, -0.15) is 0 Å². The third-order valence-electron chi connectivity index (χ3n) is 4.88. The van der Waals surface area contributed by atoms with Crippen LogP contribution >= 0.6 is 69.6 Å². The third-order valence-corrected chi connectivity index (χ3v) is 10.4. The van der Waals surface area contributed by atoms with Crippen LogP contribution < -0.4 is 10.6 Å². The summed E-state index contributed by atoms with van der Waals surface area (Å²) in [7, 11) is 0. The lowest BCUT2D eigenvalue weighted by molar-refractivity contribution is -0.150. The molecule has 2 aromatic heterocycles. The number of thiazole rings is 1. The van der Waals surface area contributed by atoms with Crippen LogP contribution in [0.25, 0.3) is 5.57 Å². The number of fused-ring (bicyclic) bond motifs is 1. The van der Waals surface area contributed by atoms with Crippen LogP contribution in [-0.4, -0.2) is 78.1 Å². The van der Waals surface area contributed by atoms with Crippen molar-refractivity contribution in [2.75, 3.05) is 22.6 Å². The highest BCUT2D eigenvalue weighted by Gasteiger charge is 2.54. The van der Waals surface area contributed by atoms with E-state index in [0.29, 0.717) is 23.5 Å². The van der Waals surface area contributed by atoms with Crippen LogP contribution in [0.3, 0.4) is 0 Å². The quantitative estimate of drug-likeness (QED) is 0.150.